The molecule has 3 aliphatic rings. The molecule has 7 unspecified atom stereocenters. The van der Waals surface area contributed by atoms with Gasteiger partial charge >= 0.3 is 5.97 Å². The second-order valence-corrected chi connectivity index (χ2v) is 6.37. The molecule has 21 heavy (non-hydrogen) atoms. The van der Waals surface area contributed by atoms with E-state index in [-0.39, 0.29) is 18.3 Å². The smallest absolute Gasteiger partial charge is 0.341 e. The quantitative estimate of drug-likeness (QED) is 0.370. The average Bonchev–Trinajstić information content (AvgIpc) is 2.82. The van der Waals surface area contributed by atoms with Crippen LogP contribution in [0, 0.1) is 17.8 Å². The van der Waals surface area contributed by atoms with Crippen LogP contribution < -0.4 is 0 Å². The van der Waals surface area contributed by atoms with Gasteiger partial charge in [-0.2, -0.15) is 0 Å². The van der Waals surface area contributed by atoms with Crippen molar-refractivity contribution in [2.75, 3.05) is 6.61 Å². The van der Waals surface area contributed by atoms with Crippen LogP contribution in [0.2, 0.25) is 0 Å². The standard InChI is InChI=1S/C15H20O6/c1-6-3-10(18)12-13(21-14(19)15(12,20)5-16)11-7(2)9(17)4-8(6)11/h8-13,16-18,20H,1-5H2. The van der Waals surface area contributed by atoms with Crippen molar-refractivity contribution in [3.8, 4) is 0 Å². The van der Waals surface area contributed by atoms with E-state index in [1.54, 1.807) is 0 Å². The summed E-state index contributed by atoms with van der Waals surface area (Å²) in [5, 5.41) is 40.2. The first-order valence-corrected chi connectivity index (χ1v) is 7.08. The zero-order valence-electron chi connectivity index (χ0n) is 11.6. The summed E-state index contributed by atoms with van der Waals surface area (Å²) in [6.07, 6.45) is -1.94. The molecular weight excluding hydrogens is 276 g/mol. The van der Waals surface area contributed by atoms with E-state index >= 15 is 0 Å². The van der Waals surface area contributed by atoms with Gasteiger partial charge in [-0.3, -0.25) is 0 Å². The number of rotatable bonds is 1. The predicted molar refractivity (Wildman–Crippen MR) is 71.9 cm³/mol. The minimum Gasteiger partial charge on any atom is -0.459 e. The lowest BCUT2D eigenvalue weighted by Gasteiger charge is -2.31. The van der Waals surface area contributed by atoms with Gasteiger partial charge in [0.15, 0.2) is 5.60 Å². The Morgan fingerprint density at radius 3 is 2.62 bits per heavy atom. The molecule has 2 aliphatic carbocycles. The van der Waals surface area contributed by atoms with Crippen molar-refractivity contribution in [3.05, 3.63) is 24.3 Å². The Morgan fingerprint density at radius 2 is 2.00 bits per heavy atom. The Morgan fingerprint density at radius 1 is 1.33 bits per heavy atom. The molecule has 1 heterocycles. The first kappa shape index (κ1) is 14.7. The summed E-state index contributed by atoms with van der Waals surface area (Å²) in [4.78, 5) is 12.0. The van der Waals surface area contributed by atoms with Gasteiger partial charge in [-0.05, 0) is 24.3 Å². The van der Waals surface area contributed by atoms with Crippen LogP contribution in [-0.4, -0.2) is 56.9 Å². The molecule has 6 nitrogen and oxygen atoms in total. The zero-order chi connectivity index (χ0) is 15.5. The fourth-order valence-corrected chi connectivity index (χ4v) is 4.14. The topological polar surface area (TPSA) is 107 Å². The number of carbonyl (C=O) groups is 1. The first-order valence-electron chi connectivity index (χ1n) is 7.08. The van der Waals surface area contributed by atoms with Crippen molar-refractivity contribution in [2.45, 2.75) is 36.8 Å². The Bertz CT molecular complexity index is 514. The summed E-state index contributed by atoms with van der Waals surface area (Å²) in [5.41, 5.74) is -0.844. The van der Waals surface area contributed by atoms with Crippen molar-refractivity contribution < 1.29 is 30.0 Å². The van der Waals surface area contributed by atoms with Gasteiger partial charge < -0.3 is 25.2 Å². The van der Waals surface area contributed by atoms with Gasteiger partial charge in [-0.1, -0.05) is 18.7 Å². The van der Waals surface area contributed by atoms with Crippen LogP contribution in [0.4, 0.5) is 0 Å². The fourth-order valence-electron chi connectivity index (χ4n) is 4.14. The highest BCUT2D eigenvalue weighted by molar-refractivity contribution is 5.82. The minimum atomic E-state index is -2.12. The summed E-state index contributed by atoms with van der Waals surface area (Å²) in [6, 6.07) is 0. The largest absolute Gasteiger partial charge is 0.459 e. The lowest BCUT2D eigenvalue weighted by atomic mass is 9.77. The third kappa shape index (κ3) is 1.83. The minimum absolute atomic E-state index is 0.147. The van der Waals surface area contributed by atoms with Crippen LogP contribution in [0.25, 0.3) is 0 Å². The maximum Gasteiger partial charge on any atom is 0.341 e. The molecule has 0 spiro atoms. The van der Waals surface area contributed by atoms with Gasteiger partial charge in [0.2, 0.25) is 0 Å². The number of aliphatic hydroxyl groups excluding tert-OH is 3. The molecule has 7 atom stereocenters. The zero-order valence-corrected chi connectivity index (χ0v) is 11.6. The van der Waals surface area contributed by atoms with Gasteiger partial charge in [0, 0.05) is 5.92 Å². The molecule has 4 N–H and O–H groups in total. The van der Waals surface area contributed by atoms with E-state index in [0.717, 1.165) is 5.57 Å². The lowest BCUT2D eigenvalue weighted by Crippen LogP contribution is -2.51. The molecule has 1 aliphatic heterocycles. The Labute approximate surface area is 122 Å². The molecular formula is C15H20O6. The lowest BCUT2D eigenvalue weighted by molar-refractivity contribution is -0.161. The van der Waals surface area contributed by atoms with Gasteiger partial charge in [-0.25, -0.2) is 4.79 Å². The molecule has 0 bridgehead atoms. The maximum absolute atomic E-state index is 12.0. The summed E-state index contributed by atoms with van der Waals surface area (Å²) in [5.74, 6) is -2.42. The molecule has 1 saturated heterocycles. The highest BCUT2D eigenvalue weighted by Gasteiger charge is 2.64. The van der Waals surface area contributed by atoms with Gasteiger partial charge in [-0.15, -0.1) is 0 Å². The third-order valence-electron chi connectivity index (χ3n) is 5.27. The highest BCUT2D eigenvalue weighted by atomic mass is 16.6. The molecule has 116 valence electrons. The Hall–Kier alpha value is -1.21. The van der Waals surface area contributed by atoms with E-state index in [0.29, 0.717) is 12.0 Å². The summed E-state index contributed by atoms with van der Waals surface area (Å²) in [6.45, 7) is 7.01. The number of fused-ring (bicyclic) bond motifs is 3. The van der Waals surface area contributed by atoms with Crippen LogP contribution in [0.1, 0.15) is 12.8 Å². The summed E-state index contributed by atoms with van der Waals surface area (Å²) >= 11 is 0. The molecule has 0 aromatic carbocycles. The van der Waals surface area contributed by atoms with E-state index in [9.17, 15) is 25.2 Å². The normalized spacial score (nSPS) is 49.6. The molecule has 2 saturated carbocycles. The van der Waals surface area contributed by atoms with E-state index in [1.807, 2.05) is 0 Å². The monoisotopic (exact) mass is 296 g/mol. The van der Waals surface area contributed by atoms with Crippen LogP contribution >= 0.6 is 0 Å². The third-order valence-corrected chi connectivity index (χ3v) is 5.27. The van der Waals surface area contributed by atoms with Crippen molar-refractivity contribution in [1.29, 1.82) is 0 Å². The SMILES string of the molecule is C=C1CC(O)C2C(OC(=O)C2(O)CO)C2C(=C)C(O)CC12. The summed E-state index contributed by atoms with van der Waals surface area (Å²) in [7, 11) is 0. The van der Waals surface area contributed by atoms with Crippen LogP contribution in [-0.2, 0) is 9.53 Å². The second kappa shape index (κ2) is 4.64. The summed E-state index contributed by atoms with van der Waals surface area (Å²) < 4.78 is 5.28. The fraction of sp³-hybridized carbons (Fsp3) is 0.667. The number of aliphatic hydroxyl groups is 4. The number of ether oxygens (including phenoxy) is 1. The van der Waals surface area contributed by atoms with Crippen molar-refractivity contribution in [1.82, 2.24) is 0 Å². The average molecular weight is 296 g/mol. The van der Waals surface area contributed by atoms with Crippen LogP contribution in [0.3, 0.4) is 0 Å². The molecule has 0 amide bonds. The van der Waals surface area contributed by atoms with Crippen molar-refractivity contribution in [2.24, 2.45) is 17.8 Å². The van der Waals surface area contributed by atoms with Crippen LogP contribution in [0.15, 0.2) is 24.3 Å². The van der Waals surface area contributed by atoms with Crippen LogP contribution in [0.5, 0.6) is 0 Å². The van der Waals surface area contributed by atoms with Crippen molar-refractivity contribution >= 4 is 5.97 Å². The molecule has 3 rings (SSSR count). The Kier molecular flexibility index (Phi) is 3.25. The Balaban J connectivity index is 2.07. The first-order chi connectivity index (χ1) is 9.81. The van der Waals surface area contributed by atoms with E-state index in [4.69, 9.17) is 4.74 Å². The molecule has 6 heteroatoms. The van der Waals surface area contributed by atoms with E-state index in [1.165, 1.54) is 0 Å². The van der Waals surface area contributed by atoms with Gasteiger partial charge in [0.25, 0.3) is 0 Å². The number of hydrogen-bond acceptors (Lipinski definition) is 6. The molecule has 0 aromatic heterocycles. The van der Waals surface area contributed by atoms with E-state index in [2.05, 4.69) is 13.2 Å². The number of hydrogen-bond donors (Lipinski definition) is 4. The second-order valence-electron chi connectivity index (χ2n) is 6.37. The molecule has 3 fully saturated rings. The highest BCUT2D eigenvalue weighted by Crippen LogP contribution is 2.53. The number of carbonyl (C=O) groups excluding carboxylic acids is 1. The van der Waals surface area contributed by atoms with Gasteiger partial charge in [0.05, 0.1) is 24.7 Å². The van der Waals surface area contributed by atoms with E-state index < -0.39 is 42.4 Å². The predicted octanol–water partition coefficient (Wildman–Crippen LogP) is -0.875. The number of esters is 1. The van der Waals surface area contributed by atoms with Gasteiger partial charge in [0.1, 0.15) is 6.10 Å². The molecule has 0 radical (unpaired) electrons. The molecule has 0 aromatic rings. The van der Waals surface area contributed by atoms with Crippen molar-refractivity contribution in [3.63, 3.8) is 0 Å². The maximum atomic E-state index is 12.0.